The highest BCUT2D eigenvalue weighted by atomic mass is 16.5. The van der Waals surface area contributed by atoms with E-state index < -0.39 is 0 Å². The first kappa shape index (κ1) is 12.7. The maximum absolute atomic E-state index is 5.20. The maximum Gasteiger partial charge on any atom is 0.153 e. The Morgan fingerprint density at radius 1 is 1.10 bits per heavy atom. The average Bonchev–Trinajstić information content (AvgIpc) is 3.02. The number of benzene rings is 1. The van der Waals surface area contributed by atoms with Gasteiger partial charge in [0.2, 0.25) is 0 Å². The molecule has 1 N–H and O–H groups in total. The van der Waals surface area contributed by atoms with Gasteiger partial charge in [0.1, 0.15) is 5.75 Å². The summed E-state index contributed by atoms with van der Waals surface area (Å²) in [6.07, 6.45) is 2.48. The zero-order valence-electron chi connectivity index (χ0n) is 11.5. The van der Waals surface area contributed by atoms with E-state index in [4.69, 9.17) is 4.74 Å². The highest BCUT2D eigenvalue weighted by Crippen LogP contribution is 2.21. The number of anilines is 3. The molecule has 104 valence electrons. The molecular weight excluding hydrogens is 252 g/mol. The van der Waals surface area contributed by atoms with E-state index in [1.807, 2.05) is 36.4 Å². The zero-order valence-corrected chi connectivity index (χ0v) is 11.5. The third-order valence-electron chi connectivity index (χ3n) is 3.42. The molecule has 20 heavy (non-hydrogen) atoms. The van der Waals surface area contributed by atoms with Gasteiger partial charge in [-0.05, 0) is 37.1 Å². The third kappa shape index (κ3) is 2.82. The van der Waals surface area contributed by atoms with Crippen molar-refractivity contribution in [3.8, 4) is 5.75 Å². The minimum Gasteiger partial charge on any atom is -0.497 e. The van der Waals surface area contributed by atoms with Crippen molar-refractivity contribution in [1.82, 2.24) is 10.2 Å². The van der Waals surface area contributed by atoms with Crippen LogP contribution < -0.4 is 15.0 Å². The monoisotopic (exact) mass is 270 g/mol. The van der Waals surface area contributed by atoms with Gasteiger partial charge in [-0.3, -0.25) is 0 Å². The van der Waals surface area contributed by atoms with E-state index >= 15 is 0 Å². The number of rotatable bonds is 4. The molecule has 3 rings (SSSR count). The van der Waals surface area contributed by atoms with Crippen LogP contribution in [0.1, 0.15) is 12.8 Å². The van der Waals surface area contributed by atoms with E-state index in [0.717, 1.165) is 36.2 Å². The topological polar surface area (TPSA) is 50.3 Å². The fourth-order valence-corrected chi connectivity index (χ4v) is 2.36. The minimum atomic E-state index is 0.737. The van der Waals surface area contributed by atoms with Crippen LogP contribution in [0.2, 0.25) is 0 Å². The van der Waals surface area contributed by atoms with E-state index in [0.29, 0.717) is 0 Å². The van der Waals surface area contributed by atoms with Crippen molar-refractivity contribution < 1.29 is 4.74 Å². The van der Waals surface area contributed by atoms with Gasteiger partial charge in [0.05, 0.1) is 7.11 Å². The van der Waals surface area contributed by atoms with Crippen molar-refractivity contribution in [3.05, 3.63) is 36.4 Å². The lowest BCUT2D eigenvalue weighted by molar-refractivity contribution is 0.415. The second kappa shape index (κ2) is 5.77. The smallest absolute Gasteiger partial charge is 0.153 e. The maximum atomic E-state index is 5.20. The average molecular weight is 270 g/mol. The van der Waals surface area contributed by atoms with E-state index in [-0.39, 0.29) is 0 Å². The van der Waals surface area contributed by atoms with Gasteiger partial charge >= 0.3 is 0 Å². The number of ether oxygens (including phenoxy) is 1. The fourth-order valence-electron chi connectivity index (χ4n) is 2.36. The van der Waals surface area contributed by atoms with Crippen LogP contribution in [0, 0.1) is 0 Å². The van der Waals surface area contributed by atoms with Gasteiger partial charge in [-0.2, -0.15) is 0 Å². The van der Waals surface area contributed by atoms with Crippen molar-refractivity contribution in [2.75, 3.05) is 30.4 Å². The summed E-state index contributed by atoms with van der Waals surface area (Å²) < 4.78 is 5.20. The number of aromatic nitrogens is 2. The Kier molecular flexibility index (Phi) is 3.67. The quantitative estimate of drug-likeness (QED) is 0.925. The molecule has 1 fully saturated rings. The Bertz CT molecular complexity index is 564. The second-order valence-electron chi connectivity index (χ2n) is 4.83. The molecule has 0 unspecified atom stereocenters. The van der Waals surface area contributed by atoms with Crippen LogP contribution in [0.4, 0.5) is 17.3 Å². The fraction of sp³-hybridized carbons (Fsp3) is 0.333. The molecule has 0 radical (unpaired) electrons. The molecule has 0 spiro atoms. The number of methoxy groups -OCH3 is 1. The standard InChI is InChI=1S/C15H18N4O/c1-20-13-6-4-5-12(11-13)16-14-7-8-15(18-17-14)19-9-2-3-10-19/h4-8,11H,2-3,9-10H2,1H3,(H,16,17). The van der Waals surface area contributed by atoms with Crippen molar-refractivity contribution in [1.29, 1.82) is 0 Å². The van der Waals surface area contributed by atoms with Crippen LogP contribution in [0.25, 0.3) is 0 Å². The number of hydrogen-bond donors (Lipinski definition) is 1. The molecule has 0 amide bonds. The largest absolute Gasteiger partial charge is 0.497 e. The summed E-state index contributed by atoms with van der Waals surface area (Å²) in [5, 5.41) is 11.7. The lowest BCUT2D eigenvalue weighted by Crippen LogP contribution is -2.19. The first-order valence-electron chi connectivity index (χ1n) is 6.85. The molecule has 5 heteroatoms. The summed E-state index contributed by atoms with van der Waals surface area (Å²) in [5.74, 6) is 2.51. The molecule has 0 aliphatic carbocycles. The molecule has 1 aliphatic rings. The van der Waals surface area contributed by atoms with Crippen LogP contribution in [0.5, 0.6) is 5.75 Å². The summed E-state index contributed by atoms with van der Waals surface area (Å²) in [5.41, 5.74) is 0.938. The predicted octanol–water partition coefficient (Wildman–Crippen LogP) is 2.83. The first-order valence-corrected chi connectivity index (χ1v) is 6.85. The number of nitrogens with zero attached hydrogens (tertiary/aromatic N) is 3. The molecule has 0 saturated carbocycles. The Morgan fingerprint density at radius 2 is 1.95 bits per heavy atom. The van der Waals surface area contributed by atoms with Crippen molar-refractivity contribution in [3.63, 3.8) is 0 Å². The van der Waals surface area contributed by atoms with Crippen molar-refractivity contribution in [2.45, 2.75) is 12.8 Å². The van der Waals surface area contributed by atoms with E-state index in [1.165, 1.54) is 12.8 Å². The van der Waals surface area contributed by atoms with Gasteiger partial charge in [-0.25, -0.2) is 0 Å². The minimum absolute atomic E-state index is 0.737. The number of hydrogen-bond acceptors (Lipinski definition) is 5. The lowest BCUT2D eigenvalue weighted by Gasteiger charge is -2.15. The van der Waals surface area contributed by atoms with Crippen LogP contribution >= 0.6 is 0 Å². The lowest BCUT2D eigenvalue weighted by atomic mass is 10.3. The van der Waals surface area contributed by atoms with Gasteiger partial charge in [-0.15, -0.1) is 10.2 Å². The summed E-state index contributed by atoms with van der Waals surface area (Å²) in [4.78, 5) is 2.27. The molecule has 0 bridgehead atoms. The molecule has 1 aromatic carbocycles. The molecule has 2 aromatic rings. The van der Waals surface area contributed by atoms with Crippen LogP contribution in [0.3, 0.4) is 0 Å². The van der Waals surface area contributed by atoms with Crippen LogP contribution in [-0.4, -0.2) is 30.4 Å². The molecular formula is C15H18N4O. The zero-order chi connectivity index (χ0) is 13.8. The molecule has 5 nitrogen and oxygen atoms in total. The van der Waals surface area contributed by atoms with Crippen molar-refractivity contribution >= 4 is 17.3 Å². The predicted molar refractivity (Wildman–Crippen MR) is 79.8 cm³/mol. The molecule has 1 aromatic heterocycles. The molecule has 2 heterocycles. The molecule has 0 atom stereocenters. The van der Waals surface area contributed by atoms with Crippen LogP contribution in [0.15, 0.2) is 36.4 Å². The molecule has 1 aliphatic heterocycles. The second-order valence-corrected chi connectivity index (χ2v) is 4.83. The third-order valence-corrected chi connectivity index (χ3v) is 3.42. The highest BCUT2D eigenvalue weighted by molar-refractivity contribution is 5.58. The van der Waals surface area contributed by atoms with Crippen LogP contribution in [-0.2, 0) is 0 Å². The van der Waals surface area contributed by atoms with Gasteiger partial charge in [0.15, 0.2) is 11.6 Å². The normalized spacial score (nSPS) is 14.3. The SMILES string of the molecule is COc1cccc(Nc2ccc(N3CCCC3)nn2)c1. The van der Waals surface area contributed by atoms with E-state index in [9.17, 15) is 0 Å². The van der Waals surface area contributed by atoms with E-state index in [1.54, 1.807) is 7.11 Å². The first-order chi connectivity index (χ1) is 9.85. The summed E-state index contributed by atoms with van der Waals surface area (Å²) in [6, 6.07) is 11.7. The Morgan fingerprint density at radius 3 is 2.65 bits per heavy atom. The highest BCUT2D eigenvalue weighted by Gasteiger charge is 2.13. The summed E-state index contributed by atoms with van der Waals surface area (Å²) in [6.45, 7) is 2.16. The Hall–Kier alpha value is -2.30. The summed E-state index contributed by atoms with van der Waals surface area (Å²) >= 11 is 0. The summed E-state index contributed by atoms with van der Waals surface area (Å²) in [7, 11) is 1.66. The van der Waals surface area contributed by atoms with E-state index in [2.05, 4.69) is 20.4 Å². The van der Waals surface area contributed by atoms with Gasteiger partial charge in [0, 0.05) is 24.8 Å². The number of nitrogens with one attached hydrogen (secondary N) is 1. The molecule has 1 saturated heterocycles. The Labute approximate surface area is 118 Å². The Balaban J connectivity index is 1.71. The van der Waals surface area contributed by atoms with Gasteiger partial charge in [-0.1, -0.05) is 6.07 Å². The van der Waals surface area contributed by atoms with Gasteiger partial charge < -0.3 is 15.0 Å². The van der Waals surface area contributed by atoms with Crippen molar-refractivity contribution in [2.24, 2.45) is 0 Å². The van der Waals surface area contributed by atoms with Gasteiger partial charge in [0.25, 0.3) is 0 Å².